The molecule has 0 radical (unpaired) electrons. The minimum absolute atomic E-state index is 0.0813. The van der Waals surface area contributed by atoms with Gasteiger partial charge in [0.05, 0.1) is 6.61 Å². The molecule has 1 aliphatic rings. The predicted molar refractivity (Wildman–Crippen MR) is 65.7 cm³/mol. The summed E-state index contributed by atoms with van der Waals surface area (Å²) in [4.78, 5) is 0. The highest BCUT2D eigenvalue weighted by molar-refractivity contribution is 5.82. The lowest BCUT2D eigenvalue weighted by atomic mass is 9.96. The molecule has 1 aromatic heterocycles. The second-order valence-electron chi connectivity index (χ2n) is 5.06. The average Bonchev–Trinajstić information content (AvgIpc) is 3.04. The van der Waals surface area contributed by atoms with Gasteiger partial charge in [-0.15, -0.1) is 0 Å². The summed E-state index contributed by atoms with van der Waals surface area (Å²) >= 11 is 0. The van der Waals surface area contributed by atoms with Gasteiger partial charge in [0.15, 0.2) is 0 Å². The molecule has 1 aromatic carbocycles. The van der Waals surface area contributed by atoms with Gasteiger partial charge < -0.3 is 9.67 Å². The Balaban J connectivity index is 2.17. The molecule has 1 aliphatic carbocycles. The molecule has 1 saturated carbocycles. The van der Waals surface area contributed by atoms with Gasteiger partial charge in [0.25, 0.3) is 0 Å². The molecule has 0 spiro atoms. The number of hydrogen-bond donors (Lipinski definition) is 1. The summed E-state index contributed by atoms with van der Waals surface area (Å²) in [5, 5.41) is 10.7. The van der Waals surface area contributed by atoms with Crippen LogP contribution in [-0.2, 0) is 12.5 Å². The molecule has 2 heteroatoms. The van der Waals surface area contributed by atoms with E-state index in [-0.39, 0.29) is 12.0 Å². The molecule has 2 aromatic rings. The summed E-state index contributed by atoms with van der Waals surface area (Å²) in [7, 11) is 2.09. The Morgan fingerprint density at radius 1 is 1.31 bits per heavy atom. The van der Waals surface area contributed by atoms with Crippen LogP contribution < -0.4 is 0 Å². The topological polar surface area (TPSA) is 25.2 Å². The van der Waals surface area contributed by atoms with Crippen molar-refractivity contribution in [2.45, 2.75) is 25.2 Å². The standard InChI is InChI=1S/C14H17NO/c1-10-7-11-8-12(14(9-16)5-6-14)3-4-13(11)15(10)2/h3-4,7-8,16H,5-6,9H2,1-2H3. The van der Waals surface area contributed by atoms with Gasteiger partial charge in [-0.2, -0.15) is 0 Å². The highest BCUT2D eigenvalue weighted by Crippen LogP contribution is 2.48. The van der Waals surface area contributed by atoms with Crippen LogP contribution in [-0.4, -0.2) is 16.3 Å². The van der Waals surface area contributed by atoms with Crippen LogP contribution in [0.5, 0.6) is 0 Å². The first kappa shape index (κ1) is 9.91. The quantitative estimate of drug-likeness (QED) is 0.818. The summed E-state index contributed by atoms with van der Waals surface area (Å²) in [5.74, 6) is 0. The van der Waals surface area contributed by atoms with Crippen LogP contribution in [0.3, 0.4) is 0 Å². The number of benzene rings is 1. The number of aromatic nitrogens is 1. The Bertz CT molecular complexity index is 549. The molecule has 3 rings (SSSR count). The van der Waals surface area contributed by atoms with Crippen molar-refractivity contribution in [2.24, 2.45) is 7.05 Å². The minimum Gasteiger partial charge on any atom is -0.395 e. The molecule has 0 atom stereocenters. The summed E-state index contributed by atoms with van der Waals surface area (Å²) in [5.41, 5.74) is 3.93. The minimum atomic E-state index is 0.0813. The Morgan fingerprint density at radius 3 is 2.69 bits per heavy atom. The molecule has 0 bridgehead atoms. The van der Waals surface area contributed by atoms with E-state index in [1.54, 1.807) is 0 Å². The predicted octanol–water partition coefficient (Wildman–Crippen LogP) is 2.51. The van der Waals surface area contributed by atoms with E-state index in [1.807, 2.05) is 0 Å². The lowest BCUT2D eigenvalue weighted by Crippen LogP contribution is -2.11. The van der Waals surface area contributed by atoms with Crippen molar-refractivity contribution in [1.82, 2.24) is 4.57 Å². The molecular formula is C14H17NO. The molecule has 84 valence electrons. The van der Waals surface area contributed by atoms with E-state index < -0.39 is 0 Å². The highest BCUT2D eigenvalue weighted by atomic mass is 16.3. The van der Waals surface area contributed by atoms with Gasteiger partial charge in [-0.1, -0.05) is 6.07 Å². The normalized spacial score (nSPS) is 17.9. The maximum Gasteiger partial charge on any atom is 0.0527 e. The zero-order valence-corrected chi connectivity index (χ0v) is 9.83. The summed E-state index contributed by atoms with van der Waals surface area (Å²) in [6, 6.07) is 8.80. The van der Waals surface area contributed by atoms with Gasteiger partial charge >= 0.3 is 0 Å². The Kier molecular flexibility index (Phi) is 1.93. The second kappa shape index (κ2) is 3.11. The third kappa shape index (κ3) is 1.23. The average molecular weight is 215 g/mol. The monoisotopic (exact) mass is 215 g/mol. The first-order valence-corrected chi connectivity index (χ1v) is 5.84. The zero-order valence-electron chi connectivity index (χ0n) is 9.83. The van der Waals surface area contributed by atoms with Crippen molar-refractivity contribution in [3.8, 4) is 0 Å². The Labute approximate surface area is 95.5 Å². The number of aliphatic hydroxyl groups excluding tert-OH is 1. The lowest BCUT2D eigenvalue weighted by Gasteiger charge is -2.12. The fourth-order valence-corrected chi connectivity index (χ4v) is 2.51. The molecule has 2 nitrogen and oxygen atoms in total. The van der Waals surface area contributed by atoms with Crippen LogP contribution in [0.25, 0.3) is 10.9 Å². The fourth-order valence-electron chi connectivity index (χ4n) is 2.51. The van der Waals surface area contributed by atoms with Crippen LogP contribution >= 0.6 is 0 Å². The van der Waals surface area contributed by atoms with E-state index in [1.165, 1.54) is 22.2 Å². The molecule has 16 heavy (non-hydrogen) atoms. The Morgan fingerprint density at radius 2 is 2.06 bits per heavy atom. The molecule has 0 saturated heterocycles. The van der Waals surface area contributed by atoms with Crippen LogP contribution in [0.2, 0.25) is 0 Å². The largest absolute Gasteiger partial charge is 0.395 e. The molecule has 0 amide bonds. The Hall–Kier alpha value is -1.28. The van der Waals surface area contributed by atoms with Gasteiger partial charge in [0, 0.05) is 29.1 Å². The maximum atomic E-state index is 9.44. The molecular weight excluding hydrogens is 198 g/mol. The van der Waals surface area contributed by atoms with Crippen molar-refractivity contribution >= 4 is 10.9 Å². The van der Waals surface area contributed by atoms with Crippen LogP contribution in [0.4, 0.5) is 0 Å². The summed E-state index contributed by atoms with van der Waals surface area (Å²) < 4.78 is 2.21. The lowest BCUT2D eigenvalue weighted by molar-refractivity contribution is 0.255. The number of aryl methyl sites for hydroxylation is 2. The first-order chi connectivity index (χ1) is 7.66. The van der Waals surface area contributed by atoms with Crippen molar-refractivity contribution in [3.05, 3.63) is 35.5 Å². The van der Waals surface area contributed by atoms with Crippen LogP contribution in [0.1, 0.15) is 24.1 Å². The smallest absolute Gasteiger partial charge is 0.0527 e. The van der Waals surface area contributed by atoms with E-state index in [9.17, 15) is 5.11 Å². The third-order valence-corrected chi connectivity index (χ3v) is 4.05. The van der Waals surface area contributed by atoms with Crippen molar-refractivity contribution < 1.29 is 5.11 Å². The molecule has 0 unspecified atom stereocenters. The number of nitrogens with zero attached hydrogens (tertiary/aromatic N) is 1. The number of rotatable bonds is 2. The SMILES string of the molecule is Cc1cc2cc(C3(CO)CC3)ccc2n1C. The molecule has 1 heterocycles. The molecule has 0 aliphatic heterocycles. The summed E-state index contributed by atoms with van der Waals surface area (Å²) in [6.07, 6.45) is 2.25. The summed E-state index contributed by atoms with van der Waals surface area (Å²) in [6.45, 7) is 2.41. The van der Waals surface area contributed by atoms with Crippen LogP contribution in [0, 0.1) is 6.92 Å². The van der Waals surface area contributed by atoms with Gasteiger partial charge in [0.2, 0.25) is 0 Å². The van der Waals surface area contributed by atoms with Crippen molar-refractivity contribution in [2.75, 3.05) is 6.61 Å². The van der Waals surface area contributed by atoms with Gasteiger partial charge in [-0.3, -0.25) is 0 Å². The molecule has 1 fully saturated rings. The van der Waals surface area contributed by atoms with Gasteiger partial charge in [-0.25, -0.2) is 0 Å². The fraction of sp³-hybridized carbons (Fsp3) is 0.429. The van der Waals surface area contributed by atoms with Gasteiger partial charge in [0.1, 0.15) is 0 Å². The van der Waals surface area contributed by atoms with Gasteiger partial charge in [-0.05, 0) is 43.5 Å². The number of aliphatic hydroxyl groups is 1. The molecule has 1 N–H and O–H groups in total. The van der Waals surface area contributed by atoms with E-state index in [2.05, 4.69) is 42.8 Å². The number of fused-ring (bicyclic) bond motifs is 1. The van der Waals surface area contributed by atoms with E-state index in [0.29, 0.717) is 0 Å². The third-order valence-electron chi connectivity index (χ3n) is 4.05. The maximum absolute atomic E-state index is 9.44. The highest BCUT2D eigenvalue weighted by Gasteiger charge is 2.43. The second-order valence-corrected chi connectivity index (χ2v) is 5.06. The number of hydrogen-bond acceptors (Lipinski definition) is 1. The van der Waals surface area contributed by atoms with Crippen molar-refractivity contribution in [3.63, 3.8) is 0 Å². The van der Waals surface area contributed by atoms with Crippen molar-refractivity contribution in [1.29, 1.82) is 0 Å². The van der Waals surface area contributed by atoms with Crippen LogP contribution in [0.15, 0.2) is 24.3 Å². The van der Waals surface area contributed by atoms with E-state index >= 15 is 0 Å². The van der Waals surface area contributed by atoms with E-state index in [0.717, 1.165) is 12.8 Å². The zero-order chi connectivity index (χ0) is 11.3. The first-order valence-electron chi connectivity index (χ1n) is 5.84. The van der Waals surface area contributed by atoms with E-state index in [4.69, 9.17) is 0 Å².